The summed E-state index contributed by atoms with van der Waals surface area (Å²) >= 11 is 0. The molecule has 6 heteroatoms. The van der Waals surface area contributed by atoms with Gasteiger partial charge in [-0.05, 0) is 150 Å². The molecule has 8 aromatic rings. The van der Waals surface area contributed by atoms with Gasteiger partial charge in [0.2, 0.25) is 0 Å². The molecule has 2 heterocycles. The maximum atomic E-state index is 13.6. The summed E-state index contributed by atoms with van der Waals surface area (Å²) in [5.74, 6) is -0.238. The van der Waals surface area contributed by atoms with Gasteiger partial charge < -0.3 is 20.5 Å². The number of allylic oxidation sites excluding steroid dienone is 7. The largest absolute Gasteiger partial charge is 0.394 e. The minimum atomic E-state index is -0.238. The minimum Gasteiger partial charge on any atom is -0.394 e. The highest BCUT2D eigenvalue weighted by atomic mass is 19.1. The zero-order valence-corrected chi connectivity index (χ0v) is 44.4. The predicted octanol–water partition coefficient (Wildman–Crippen LogP) is 17.7. The molecule has 0 fully saturated rings. The van der Waals surface area contributed by atoms with Crippen molar-refractivity contribution >= 4 is 33.1 Å². The second kappa shape index (κ2) is 30.1. The lowest BCUT2D eigenvalue weighted by molar-refractivity contribution is 0.564. The van der Waals surface area contributed by atoms with Crippen LogP contribution in [0, 0.1) is 12.7 Å². The van der Waals surface area contributed by atoms with Crippen LogP contribution < -0.4 is 21.3 Å². The maximum absolute atomic E-state index is 13.6. The molecule has 0 amide bonds. The van der Waals surface area contributed by atoms with Crippen molar-refractivity contribution < 1.29 is 4.39 Å². The number of halogens is 1. The van der Waals surface area contributed by atoms with Crippen molar-refractivity contribution in [3.05, 3.63) is 259 Å². The summed E-state index contributed by atoms with van der Waals surface area (Å²) in [5.41, 5.74) is 16.4. The van der Waals surface area contributed by atoms with Gasteiger partial charge in [-0.1, -0.05) is 192 Å². The van der Waals surface area contributed by atoms with Crippen LogP contribution in [0.1, 0.15) is 76.6 Å². The normalized spacial score (nSPS) is 12.9. The molecule has 0 radical (unpaired) electrons. The Balaban J connectivity index is 0.000000223. The number of fused-ring (bicyclic) bond motifs is 3. The molecule has 1 atom stereocenters. The predicted molar refractivity (Wildman–Crippen MR) is 318 cm³/mol. The molecule has 73 heavy (non-hydrogen) atoms. The lowest BCUT2D eigenvalue weighted by Crippen LogP contribution is -2.32. The van der Waals surface area contributed by atoms with Gasteiger partial charge >= 0.3 is 0 Å². The number of anilines is 1. The van der Waals surface area contributed by atoms with Gasteiger partial charge in [0.15, 0.2) is 0 Å². The Bertz CT molecular complexity index is 3080. The van der Waals surface area contributed by atoms with Crippen LogP contribution >= 0.6 is 0 Å². The zero-order valence-electron chi connectivity index (χ0n) is 44.4. The molecule has 7 aromatic carbocycles. The van der Waals surface area contributed by atoms with Gasteiger partial charge in [-0.15, -0.1) is 0 Å². The SMILES string of the molecule is C1=CC(c2cccc(-c3ccc(-c4ccccc4)cc3)c2)NCN1.C=C/C=C(\C=C(/C)C(=C)CC/C=C\NC)c1ccc2c(c1)c1ccccc1n2-c1ccc(F)cc1.CC.CCC.CNc1ccccc1C. The number of hydrogen-bond acceptors (Lipinski definition) is 4. The van der Waals surface area contributed by atoms with Crippen molar-refractivity contribution in [2.24, 2.45) is 0 Å². The van der Waals surface area contributed by atoms with Gasteiger partial charge in [0.1, 0.15) is 5.82 Å². The summed E-state index contributed by atoms with van der Waals surface area (Å²) in [5, 5.41) is 15.0. The number of aryl methyl sites for hydroxylation is 1. The second-order valence-corrected chi connectivity index (χ2v) is 17.3. The lowest BCUT2D eigenvalue weighted by atomic mass is 9.97. The first-order valence-electron chi connectivity index (χ1n) is 25.6. The van der Waals surface area contributed by atoms with Crippen LogP contribution in [0.5, 0.6) is 0 Å². The number of hydrogen-bond donors (Lipinski definition) is 4. The van der Waals surface area contributed by atoms with Crippen molar-refractivity contribution in [2.75, 3.05) is 26.1 Å². The molecule has 1 aromatic heterocycles. The third kappa shape index (κ3) is 16.0. The molecule has 0 saturated carbocycles. The minimum absolute atomic E-state index is 0.238. The van der Waals surface area contributed by atoms with Gasteiger partial charge in [0.05, 0.1) is 23.7 Å². The maximum Gasteiger partial charge on any atom is 0.123 e. The standard InChI is InChI=1S/C32H31FN2.C22H20N2.C8H11N.C3H8.C2H6/c1-5-10-25(21-24(3)23(2)11-8-9-20-34-4)26-14-19-32-30(22-26)29-12-6-7-13-31(29)35(32)28-17-15-27(33)16-18-28;1-2-5-17(6-3-1)18-9-11-19(12-10-18)20-7-4-8-21(15-20)22-13-14-23-16-24-22;1-7-5-3-4-6-8(7)9-2;1-3-2;1-2/h5-7,9-10,12-22,34H,1-2,8,11H2,3-4H3;1-15,22-24H,16H2;3-6,9H,1-2H3;3H2,1-2H3;1-2H3/b20-9-,24-21+,25-10+;;;;. The Labute approximate surface area is 436 Å². The molecule has 1 unspecified atom stereocenters. The molecule has 0 saturated heterocycles. The van der Waals surface area contributed by atoms with Crippen LogP contribution in [-0.2, 0) is 0 Å². The summed E-state index contributed by atoms with van der Waals surface area (Å²) in [6.07, 6.45) is 17.4. The molecule has 4 N–H and O–H groups in total. The zero-order chi connectivity index (χ0) is 52.4. The fourth-order valence-electron chi connectivity index (χ4n) is 8.31. The second-order valence-electron chi connectivity index (χ2n) is 17.3. The van der Waals surface area contributed by atoms with Crippen LogP contribution in [0.4, 0.5) is 10.1 Å². The summed E-state index contributed by atoms with van der Waals surface area (Å²) in [7, 11) is 3.83. The Morgan fingerprint density at radius 2 is 1.36 bits per heavy atom. The highest BCUT2D eigenvalue weighted by Crippen LogP contribution is 2.35. The summed E-state index contributed by atoms with van der Waals surface area (Å²) in [6, 6.07) is 58.0. The fourth-order valence-corrected chi connectivity index (χ4v) is 8.31. The Hall–Kier alpha value is -7.93. The average molecular weight is 970 g/mol. The molecule has 0 bridgehead atoms. The van der Waals surface area contributed by atoms with E-state index in [4.69, 9.17) is 0 Å². The van der Waals surface area contributed by atoms with E-state index in [0.717, 1.165) is 69.3 Å². The molecule has 376 valence electrons. The smallest absolute Gasteiger partial charge is 0.123 e. The molecule has 1 aliphatic rings. The molecule has 5 nitrogen and oxygen atoms in total. The lowest BCUT2D eigenvalue weighted by Gasteiger charge is -2.20. The molecular weight excluding hydrogens is 894 g/mol. The van der Waals surface area contributed by atoms with E-state index in [2.05, 4.69) is 206 Å². The fraction of sp³-hybridized carbons (Fsp3) is 0.194. The topological polar surface area (TPSA) is 53.0 Å². The highest BCUT2D eigenvalue weighted by Gasteiger charge is 2.14. The van der Waals surface area contributed by atoms with Gasteiger partial charge in [-0.25, -0.2) is 4.39 Å². The van der Waals surface area contributed by atoms with E-state index in [9.17, 15) is 4.39 Å². The van der Waals surface area contributed by atoms with E-state index in [1.54, 1.807) is 0 Å². The first-order valence-corrected chi connectivity index (χ1v) is 25.6. The molecular formula is C67H76FN5. The van der Waals surface area contributed by atoms with E-state index < -0.39 is 0 Å². The first kappa shape index (κ1) is 56.0. The van der Waals surface area contributed by atoms with Crippen LogP contribution in [-0.4, -0.2) is 25.3 Å². The third-order valence-electron chi connectivity index (χ3n) is 12.0. The molecule has 1 aliphatic heterocycles. The van der Waals surface area contributed by atoms with Crippen LogP contribution in [0.2, 0.25) is 0 Å². The third-order valence-corrected chi connectivity index (χ3v) is 12.0. The first-order chi connectivity index (χ1) is 35.7. The van der Waals surface area contributed by atoms with Gasteiger partial charge in [0.25, 0.3) is 0 Å². The van der Waals surface area contributed by atoms with Crippen molar-refractivity contribution in [3.63, 3.8) is 0 Å². The van der Waals surface area contributed by atoms with Crippen LogP contribution in [0.25, 0.3) is 55.3 Å². The van der Waals surface area contributed by atoms with Crippen LogP contribution in [0.15, 0.2) is 237 Å². The van der Waals surface area contributed by atoms with Gasteiger partial charge in [0, 0.05) is 36.2 Å². The summed E-state index contributed by atoms with van der Waals surface area (Å²) in [6.45, 7) is 21.5. The van der Waals surface area contributed by atoms with Crippen LogP contribution in [0.3, 0.4) is 0 Å². The van der Waals surface area contributed by atoms with Crippen molar-refractivity contribution in [1.29, 1.82) is 0 Å². The van der Waals surface area contributed by atoms with Gasteiger partial charge in [-0.2, -0.15) is 0 Å². The van der Waals surface area contributed by atoms with E-state index in [-0.39, 0.29) is 11.9 Å². The molecule has 0 spiro atoms. The average Bonchev–Trinajstić information content (AvgIpc) is 3.77. The van der Waals surface area contributed by atoms with Crippen molar-refractivity contribution in [1.82, 2.24) is 20.5 Å². The Morgan fingerprint density at radius 3 is 2.00 bits per heavy atom. The summed E-state index contributed by atoms with van der Waals surface area (Å²) in [4.78, 5) is 0. The quantitative estimate of drug-likeness (QED) is 0.0870. The number of benzene rings is 7. The number of rotatable bonds is 13. The van der Waals surface area contributed by atoms with Crippen molar-refractivity contribution in [3.8, 4) is 27.9 Å². The van der Waals surface area contributed by atoms with E-state index in [1.165, 1.54) is 57.6 Å². The molecule has 9 rings (SSSR count). The van der Waals surface area contributed by atoms with Crippen molar-refractivity contribution in [2.45, 2.75) is 66.8 Å². The number of aromatic nitrogens is 1. The van der Waals surface area contributed by atoms with E-state index in [1.807, 2.05) is 88.9 Å². The van der Waals surface area contributed by atoms with Gasteiger partial charge in [-0.3, -0.25) is 5.32 Å². The number of nitrogens with zero attached hydrogens (tertiary/aromatic N) is 1. The monoisotopic (exact) mass is 970 g/mol. The van der Waals surface area contributed by atoms with E-state index >= 15 is 0 Å². The number of para-hydroxylation sites is 2. The highest BCUT2D eigenvalue weighted by molar-refractivity contribution is 6.10. The van der Waals surface area contributed by atoms with E-state index in [0.29, 0.717) is 0 Å². The Kier molecular flexibility index (Phi) is 23.1. The number of nitrogens with one attached hydrogen (secondary N) is 4. The Morgan fingerprint density at radius 1 is 0.726 bits per heavy atom. The summed E-state index contributed by atoms with van der Waals surface area (Å²) < 4.78 is 15.8. The molecule has 0 aliphatic carbocycles.